The Bertz CT molecular complexity index is 67.1. The molecule has 0 fully saturated rings. The van der Waals surface area contributed by atoms with E-state index in [0.717, 1.165) is 0 Å². The first-order valence-corrected chi connectivity index (χ1v) is 2.20. The summed E-state index contributed by atoms with van der Waals surface area (Å²) in [5, 5.41) is 10.6. The van der Waals surface area contributed by atoms with Gasteiger partial charge in [0.05, 0.1) is 6.54 Å². The molecule has 0 saturated carbocycles. The number of hydrogen-bond donors (Lipinski definition) is 2. The van der Waals surface area contributed by atoms with Gasteiger partial charge < -0.3 is 10.4 Å². The normalized spacial score (nSPS) is 7.62. The van der Waals surface area contributed by atoms with E-state index in [-0.39, 0.29) is 44.3 Å². The summed E-state index contributed by atoms with van der Waals surface area (Å²) in [7, 11) is 0. The van der Waals surface area contributed by atoms with Gasteiger partial charge in [0.1, 0.15) is 0 Å². The van der Waals surface area contributed by atoms with E-state index in [1.54, 1.807) is 0 Å². The Hall–Kier alpha value is 0.690. The molecule has 0 aliphatic rings. The van der Waals surface area contributed by atoms with E-state index in [4.69, 9.17) is 5.11 Å². The molecule has 4 heteroatoms. The number of aliphatic carboxylic acids is 1. The average molecular weight is 145 g/mol. The summed E-state index contributed by atoms with van der Waals surface area (Å²) in [4.78, 5) is 9.70. The molecule has 2 N–H and O–H groups in total. The zero-order chi connectivity index (χ0) is 5.70. The second-order valence-electron chi connectivity index (χ2n) is 1.17. The van der Waals surface area contributed by atoms with Gasteiger partial charge in [-0.2, -0.15) is 0 Å². The molecular formula is C4H11CaNO2. The Balaban J connectivity index is 0. The summed E-state index contributed by atoms with van der Waals surface area (Å²) in [6, 6.07) is 0. The van der Waals surface area contributed by atoms with Crippen LogP contribution in [0.4, 0.5) is 0 Å². The molecule has 0 saturated heterocycles. The number of carbonyl (C=O) groups is 1. The molecule has 0 atom stereocenters. The van der Waals surface area contributed by atoms with Crippen LogP contribution in [0.5, 0.6) is 0 Å². The van der Waals surface area contributed by atoms with Gasteiger partial charge in [0, 0.05) is 0 Å². The summed E-state index contributed by atoms with van der Waals surface area (Å²) >= 11 is 0. The number of rotatable bonds is 3. The summed E-state index contributed by atoms with van der Waals surface area (Å²) < 4.78 is 0. The molecule has 0 aromatic carbocycles. The molecule has 0 bridgehead atoms. The number of hydrogen-bond acceptors (Lipinski definition) is 2. The zero-order valence-electron chi connectivity index (χ0n) is 4.27. The molecule has 0 aromatic rings. The van der Waals surface area contributed by atoms with Crippen LogP contribution in [0.2, 0.25) is 0 Å². The van der Waals surface area contributed by atoms with E-state index in [1.807, 2.05) is 6.92 Å². The van der Waals surface area contributed by atoms with Gasteiger partial charge in [-0.1, -0.05) is 6.92 Å². The van der Waals surface area contributed by atoms with E-state index in [0.29, 0.717) is 6.54 Å². The van der Waals surface area contributed by atoms with Crippen LogP contribution in [-0.4, -0.2) is 61.9 Å². The third kappa shape index (κ3) is 9.85. The van der Waals surface area contributed by atoms with Gasteiger partial charge in [-0.05, 0) is 6.54 Å². The maximum atomic E-state index is 9.70. The topological polar surface area (TPSA) is 49.3 Å². The molecule has 0 spiro atoms. The molecule has 0 aromatic heterocycles. The van der Waals surface area contributed by atoms with Crippen molar-refractivity contribution < 1.29 is 9.90 Å². The first-order chi connectivity index (χ1) is 3.27. The van der Waals surface area contributed by atoms with Crippen molar-refractivity contribution in [3.8, 4) is 0 Å². The number of carboxylic acid groups (broad SMARTS) is 1. The van der Waals surface area contributed by atoms with Gasteiger partial charge in [-0.3, -0.25) is 4.79 Å². The molecule has 0 aliphatic carbocycles. The molecule has 0 unspecified atom stereocenters. The Morgan fingerprint density at radius 1 is 1.75 bits per heavy atom. The van der Waals surface area contributed by atoms with Crippen molar-refractivity contribution >= 4 is 43.7 Å². The van der Waals surface area contributed by atoms with Gasteiger partial charge in [-0.15, -0.1) is 0 Å². The molecule has 0 heterocycles. The Labute approximate surface area is 78.5 Å². The second kappa shape index (κ2) is 7.69. The summed E-state index contributed by atoms with van der Waals surface area (Å²) in [5.74, 6) is -0.804. The SMILES string of the molecule is CCNCC(=O)O.[CaH2]. The van der Waals surface area contributed by atoms with Crippen LogP contribution in [0, 0.1) is 0 Å². The van der Waals surface area contributed by atoms with Crippen LogP contribution < -0.4 is 5.32 Å². The molecule has 8 heavy (non-hydrogen) atoms. The fourth-order valence-corrected chi connectivity index (χ4v) is 0.232. The second-order valence-corrected chi connectivity index (χ2v) is 1.17. The zero-order valence-corrected chi connectivity index (χ0v) is 4.27. The Kier molecular flexibility index (Phi) is 11.0. The van der Waals surface area contributed by atoms with Crippen molar-refractivity contribution in [2.45, 2.75) is 6.92 Å². The predicted octanol–water partition coefficient (Wildman–Crippen LogP) is -1.24. The van der Waals surface area contributed by atoms with Crippen LogP contribution in [0.3, 0.4) is 0 Å². The standard InChI is InChI=1S/C4H9NO2.Ca.2H/c1-2-5-3-4(6)7;;;/h5H,2-3H2,1H3,(H,6,7);;;. The van der Waals surface area contributed by atoms with E-state index >= 15 is 0 Å². The van der Waals surface area contributed by atoms with Gasteiger partial charge in [0.25, 0.3) is 0 Å². The number of likely N-dealkylation sites (N-methyl/N-ethyl adjacent to an activating group) is 1. The van der Waals surface area contributed by atoms with Crippen molar-refractivity contribution in [3.05, 3.63) is 0 Å². The van der Waals surface area contributed by atoms with E-state index in [2.05, 4.69) is 5.32 Å². The van der Waals surface area contributed by atoms with Crippen LogP contribution in [0.25, 0.3) is 0 Å². The van der Waals surface area contributed by atoms with Crippen molar-refractivity contribution in [3.63, 3.8) is 0 Å². The van der Waals surface area contributed by atoms with Gasteiger partial charge in [0.15, 0.2) is 0 Å². The minimum atomic E-state index is -0.804. The van der Waals surface area contributed by atoms with Crippen LogP contribution in [0.1, 0.15) is 6.92 Å². The van der Waals surface area contributed by atoms with E-state index < -0.39 is 5.97 Å². The van der Waals surface area contributed by atoms with Crippen molar-refractivity contribution in [2.75, 3.05) is 13.1 Å². The first kappa shape index (κ1) is 11.5. The van der Waals surface area contributed by atoms with E-state index in [9.17, 15) is 4.79 Å². The van der Waals surface area contributed by atoms with Gasteiger partial charge in [-0.25, -0.2) is 0 Å². The summed E-state index contributed by atoms with van der Waals surface area (Å²) in [5.41, 5.74) is 0. The average Bonchev–Trinajstić information content (AvgIpc) is 1.61. The molecule has 3 nitrogen and oxygen atoms in total. The maximum absolute atomic E-state index is 9.70. The molecule has 0 radical (unpaired) electrons. The quantitative estimate of drug-likeness (QED) is 0.489. The molecule has 0 aliphatic heterocycles. The monoisotopic (exact) mass is 145 g/mol. The molecule has 0 amide bonds. The third-order valence-electron chi connectivity index (χ3n) is 0.526. The summed E-state index contributed by atoms with van der Waals surface area (Å²) in [6.45, 7) is 2.64. The summed E-state index contributed by atoms with van der Waals surface area (Å²) in [6.07, 6.45) is 0. The van der Waals surface area contributed by atoms with Crippen molar-refractivity contribution in [2.24, 2.45) is 0 Å². The predicted molar refractivity (Wildman–Crippen MR) is 34.7 cm³/mol. The van der Waals surface area contributed by atoms with Crippen LogP contribution in [0.15, 0.2) is 0 Å². The fraction of sp³-hybridized carbons (Fsp3) is 0.750. The molecular weight excluding hydrogens is 134 g/mol. The molecule has 0 rings (SSSR count). The van der Waals surface area contributed by atoms with E-state index in [1.165, 1.54) is 0 Å². The van der Waals surface area contributed by atoms with Gasteiger partial charge >= 0.3 is 43.7 Å². The van der Waals surface area contributed by atoms with Crippen molar-refractivity contribution in [1.82, 2.24) is 5.32 Å². The third-order valence-corrected chi connectivity index (χ3v) is 0.526. The Morgan fingerprint density at radius 3 is 2.38 bits per heavy atom. The first-order valence-electron chi connectivity index (χ1n) is 2.20. The van der Waals surface area contributed by atoms with Gasteiger partial charge in [0.2, 0.25) is 0 Å². The number of carboxylic acids is 1. The Morgan fingerprint density at radius 2 is 2.25 bits per heavy atom. The van der Waals surface area contributed by atoms with Crippen LogP contribution in [-0.2, 0) is 4.79 Å². The molecule has 46 valence electrons. The van der Waals surface area contributed by atoms with Crippen molar-refractivity contribution in [1.29, 1.82) is 0 Å². The number of nitrogens with one attached hydrogen (secondary N) is 1. The minimum absolute atomic E-state index is 0. The fourth-order valence-electron chi connectivity index (χ4n) is 0.232. The van der Waals surface area contributed by atoms with Crippen LogP contribution >= 0.6 is 0 Å².